The summed E-state index contributed by atoms with van der Waals surface area (Å²) >= 11 is 11.8. The van der Waals surface area contributed by atoms with E-state index < -0.39 is 0 Å². The van der Waals surface area contributed by atoms with Gasteiger partial charge in [-0.2, -0.15) is 0 Å². The van der Waals surface area contributed by atoms with E-state index in [9.17, 15) is 9.59 Å². The van der Waals surface area contributed by atoms with Crippen molar-refractivity contribution in [2.24, 2.45) is 11.8 Å². The molecule has 4 rings (SSSR count). The van der Waals surface area contributed by atoms with Gasteiger partial charge in [-0.1, -0.05) is 60.1 Å². The number of carbonyl (C=O) groups is 2. The van der Waals surface area contributed by atoms with Crippen LogP contribution >= 0.6 is 23.8 Å². The number of benzene rings is 2. The number of halogens is 1. The average Bonchev–Trinajstić information content (AvgIpc) is 2.77. The van der Waals surface area contributed by atoms with Gasteiger partial charge in [0, 0.05) is 30.6 Å². The van der Waals surface area contributed by atoms with E-state index in [0.29, 0.717) is 42.5 Å². The summed E-state index contributed by atoms with van der Waals surface area (Å²) < 4.78 is 0. The third kappa shape index (κ3) is 4.75. The zero-order chi connectivity index (χ0) is 22.0. The second-order valence-electron chi connectivity index (χ2n) is 8.37. The van der Waals surface area contributed by atoms with Gasteiger partial charge >= 0.3 is 0 Å². The van der Waals surface area contributed by atoms with Crippen LogP contribution in [0.4, 0.5) is 0 Å². The third-order valence-electron chi connectivity index (χ3n) is 6.26. The van der Waals surface area contributed by atoms with Gasteiger partial charge in [-0.25, -0.2) is 0 Å². The lowest BCUT2D eigenvalue weighted by Crippen LogP contribution is -2.61. The summed E-state index contributed by atoms with van der Waals surface area (Å²) in [7, 11) is 1.84. The molecule has 0 bridgehead atoms. The van der Waals surface area contributed by atoms with Crippen LogP contribution in [0, 0.1) is 11.8 Å². The van der Waals surface area contributed by atoms with Crippen molar-refractivity contribution in [3.8, 4) is 0 Å². The zero-order valence-corrected chi connectivity index (χ0v) is 19.0. The number of carbonyl (C=O) groups excluding carboxylic acids is 2. The van der Waals surface area contributed by atoms with Crippen molar-refractivity contribution in [2.75, 3.05) is 7.05 Å². The molecule has 2 fully saturated rings. The highest BCUT2D eigenvalue weighted by atomic mass is 35.5. The summed E-state index contributed by atoms with van der Waals surface area (Å²) in [5.74, 6) is -0.121. The first-order valence-corrected chi connectivity index (χ1v) is 11.4. The van der Waals surface area contributed by atoms with E-state index in [0.717, 1.165) is 11.1 Å². The Balaban J connectivity index is 1.40. The van der Waals surface area contributed by atoms with E-state index in [1.54, 1.807) is 9.80 Å². The number of nitrogens with zero attached hydrogens (tertiary/aromatic N) is 2. The van der Waals surface area contributed by atoms with Gasteiger partial charge in [-0.3, -0.25) is 14.5 Å². The number of thiocarbonyl (C=S) groups is 1. The Kier molecular flexibility index (Phi) is 6.58. The standard InChI is InChI=1S/C24H26ClN3O2S/c1-27(14-16-7-3-2-4-8-16)22(29)17-11-12-19-21(13-17)26-24(31)28(23(19)30)15-18-9-5-6-10-20(18)25/h2-10,17,19,21H,11-15H2,1H3,(H,26,31). The molecule has 1 saturated carbocycles. The van der Waals surface area contributed by atoms with E-state index in [-0.39, 0.29) is 29.7 Å². The second-order valence-corrected chi connectivity index (χ2v) is 9.16. The molecule has 7 heteroatoms. The summed E-state index contributed by atoms with van der Waals surface area (Å²) in [4.78, 5) is 29.6. The molecule has 2 amide bonds. The number of fused-ring (bicyclic) bond motifs is 1. The van der Waals surface area contributed by atoms with Crippen molar-refractivity contribution >= 4 is 40.7 Å². The highest BCUT2D eigenvalue weighted by molar-refractivity contribution is 7.80. The topological polar surface area (TPSA) is 52.7 Å². The normalized spacial score (nSPS) is 23.2. The first-order chi connectivity index (χ1) is 14.9. The van der Waals surface area contributed by atoms with Crippen molar-refractivity contribution in [2.45, 2.75) is 38.4 Å². The van der Waals surface area contributed by atoms with Crippen LogP contribution in [0.2, 0.25) is 5.02 Å². The van der Waals surface area contributed by atoms with Gasteiger partial charge in [0.15, 0.2) is 5.11 Å². The number of hydrogen-bond acceptors (Lipinski definition) is 3. The molecule has 3 unspecified atom stereocenters. The Bertz CT molecular complexity index is 984. The van der Waals surface area contributed by atoms with Gasteiger partial charge in [0.1, 0.15) is 0 Å². The zero-order valence-electron chi connectivity index (χ0n) is 17.5. The number of rotatable bonds is 5. The first kappa shape index (κ1) is 21.8. The minimum atomic E-state index is -0.169. The van der Waals surface area contributed by atoms with Crippen LogP contribution in [-0.2, 0) is 22.7 Å². The third-order valence-corrected chi connectivity index (χ3v) is 6.97. The molecule has 2 aromatic rings. The lowest BCUT2D eigenvalue weighted by Gasteiger charge is -2.44. The van der Waals surface area contributed by atoms with Gasteiger partial charge in [0.2, 0.25) is 11.8 Å². The number of amides is 2. The van der Waals surface area contributed by atoms with Crippen molar-refractivity contribution in [3.63, 3.8) is 0 Å². The van der Waals surface area contributed by atoms with Gasteiger partial charge in [-0.15, -0.1) is 0 Å². The second kappa shape index (κ2) is 9.37. The SMILES string of the molecule is CN(Cc1ccccc1)C(=O)C1CCC2C(=O)N(Cc3ccccc3Cl)C(=S)NC2C1. The summed E-state index contributed by atoms with van der Waals surface area (Å²) in [5.41, 5.74) is 1.97. The molecular weight excluding hydrogens is 430 g/mol. The van der Waals surface area contributed by atoms with Crippen LogP contribution in [0.15, 0.2) is 54.6 Å². The first-order valence-electron chi connectivity index (χ1n) is 10.6. The largest absolute Gasteiger partial charge is 0.359 e. The summed E-state index contributed by atoms with van der Waals surface area (Å²) in [6.07, 6.45) is 2.00. The summed E-state index contributed by atoms with van der Waals surface area (Å²) in [6, 6.07) is 17.3. The quantitative estimate of drug-likeness (QED) is 0.692. The van der Waals surface area contributed by atoms with Crippen molar-refractivity contribution < 1.29 is 9.59 Å². The average molecular weight is 456 g/mol. The molecule has 31 heavy (non-hydrogen) atoms. The molecule has 0 radical (unpaired) electrons. The predicted octanol–water partition coefficient (Wildman–Crippen LogP) is 4.00. The lowest BCUT2D eigenvalue weighted by atomic mass is 9.76. The Labute approximate surface area is 193 Å². The van der Waals surface area contributed by atoms with Crippen LogP contribution in [0.25, 0.3) is 0 Å². The molecular formula is C24H26ClN3O2S. The van der Waals surface area contributed by atoms with Gasteiger partial charge in [0.25, 0.3) is 0 Å². The minimum absolute atomic E-state index is 0.0252. The smallest absolute Gasteiger partial charge is 0.234 e. The Morgan fingerprint density at radius 1 is 1.16 bits per heavy atom. The fourth-order valence-corrected chi connectivity index (χ4v) is 5.08. The van der Waals surface area contributed by atoms with E-state index in [4.69, 9.17) is 23.8 Å². The monoisotopic (exact) mass is 455 g/mol. The maximum Gasteiger partial charge on any atom is 0.234 e. The molecule has 0 aromatic heterocycles. The number of hydrogen-bond donors (Lipinski definition) is 1. The fraction of sp³-hybridized carbons (Fsp3) is 0.375. The minimum Gasteiger partial charge on any atom is -0.359 e. The van der Waals surface area contributed by atoms with Crippen LogP contribution in [0.1, 0.15) is 30.4 Å². The van der Waals surface area contributed by atoms with E-state index >= 15 is 0 Å². The van der Waals surface area contributed by atoms with Crippen LogP contribution in [0.3, 0.4) is 0 Å². The Hall–Kier alpha value is -2.44. The van der Waals surface area contributed by atoms with E-state index in [2.05, 4.69) is 5.32 Å². The Morgan fingerprint density at radius 2 is 1.87 bits per heavy atom. The highest BCUT2D eigenvalue weighted by Gasteiger charge is 2.44. The van der Waals surface area contributed by atoms with Crippen LogP contribution < -0.4 is 5.32 Å². The van der Waals surface area contributed by atoms with Crippen molar-refractivity contribution in [1.82, 2.24) is 15.1 Å². The summed E-state index contributed by atoms with van der Waals surface area (Å²) in [6.45, 7) is 0.941. The van der Waals surface area contributed by atoms with Gasteiger partial charge in [0.05, 0.1) is 12.5 Å². The molecule has 0 spiro atoms. The van der Waals surface area contributed by atoms with E-state index in [1.807, 2.05) is 61.6 Å². The lowest BCUT2D eigenvalue weighted by molar-refractivity contribution is -0.141. The molecule has 2 aromatic carbocycles. The van der Waals surface area contributed by atoms with Gasteiger partial charge < -0.3 is 10.2 Å². The van der Waals surface area contributed by atoms with Crippen molar-refractivity contribution in [1.29, 1.82) is 0 Å². The number of nitrogens with one attached hydrogen (secondary N) is 1. The summed E-state index contributed by atoms with van der Waals surface area (Å²) in [5, 5.41) is 4.37. The fourth-order valence-electron chi connectivity index (χ4n) is 4.58. The van der Waals surface area contributed by atoms with Crippen LogP contribution in [-0.4, -0.2) is 39.8 Å². The molecule has 1 N–H and O–H groups in total. The van der Waals surface area contributed by atoms with Crippen LogP contribution in [0.5, 0.6) is 0 Å². The van der Waals surface area contributed by atoms with Gasteiger partial charge in [-0.05, 0) is 48.7 Å². The molecule has 2 aliphatic rings. The Morgan fingerprint density at radius 3 is 2.61 bits per heavy atom. The maximum atomic E-state index is 13.2. The van der Waals surface area contributed by atoms with Crippen molar-refractivity contribution in [3.05, 3.63) is 70.7 Å². The molecule has 3 atom stereocenters. The predicted molar refractivity (Wildman–Crippen MR) is 125 cm³/mol. The molecule has 162 valence electrons. The maximum absolute atomic E-state index is 13.2. The molecule has 1 aliphatic heterocycles. The highest BCUT2D eigenvalue weighted by Crippen LogP contribution is 2.35. The molecule has 1 heterocycles. The molecule has 1 aliphatic carbocycles. The van der Waals surface area contributed by atoms with E-state index in [1.165, 1.54) is 0 Å². The molecule has 1 saturated heterocycles. The molecule has 5 nitrogen and oxygen atoms in total.